The van der Waals surface area contributed by atoms with Crippen molar-refractivity contribution in [2.45, 2.75) is 245 Å². The number of hydrogen-bond acceptors (Lipinski definition) is 6. The predicted molar refractivity (Wildman–Crippen MR) is 251 cm³/mol. The van der Waals surface area contributed by atoms with Crippen molar-refractivity contribution in [3.63, 3.8) is 0 Å². The molecule has 6 heteroatoms. The summed E-state index contributed by atoms with van der Waals surface area (Å²) < 4.78 is 16.7. The number of carbonyl (C=O) groups is 3. The summed E-state index contributed by atoms with van der Waals surface area (Å²) in [6, 6.07) is 0. The third-order valence-electron chi connectivity index (χ3n) is 10.4. The van der Waals surface area contributed by atoms with Gasteiger partial charge in [0.1, 0.15) is 13.2 Å². The van der Waals surface area contributed by atoms with E-state index in [2.05, 4.69) is 81.5 Å². The standard InChI is InChI=1S/C53H92O6/c1-4-7-10-13-16-19-22-25-26-29-31-34-37-40-43-46-52(55)58-49-50(59-53(56)47-44-41-38-35-32-28-24-21-18-15-12-9-6-3)48-57-51(54)45-42-39-36-33-30-27-23-20-17-14-11-8-5-2/h11-12,14-15,20-21,23-26,50H,4-10,13,16-19,22,27-49H2,1-3H3/b14-11-,15-12-,23-20-,24-21-,26-25-. The minimum atomic E-state index is -0.789. The largest absolute Gasteiger partial charge is 0.462 e. The highest BCUT2D eigenvalue weighted by Gasteiger charge is 2.19. The molecule has 0 N–H and O–H groups in total. The smallest absolute Gasteiger partial charge is 0.306 e. The van der Waals surface area contributed by atoms with E-state index in [-0.39, 0.29) is 31.1 Å². The van der Waals surface area contributed by atoms with E-state index in [1.807, 2.05) is 0 Å². The number of rotatable bonds is 44. The Bertz CT molecular complexity index is 1090. The van der Waals surface area contributed by atoms with E-state index in [1.54, 1.807) is 0 Å². The van der Waals surface area contributed by atoms with Gasteiger partial charge in [0.25, 0.3) is 0 Å². The van der Waals surface area contributed by atoms with E-state index >= 15 is 0 Å². The van der Waals surface area contributed by atoms with E-state index in [1.165, 1.54) is 70.6 Å². The Kier molecular flexibility index (Phi) is 45.4. The zero-order valence-electron chi connectivity index (χ0n) is 38.8. The van der Waals surface area contributed by atoms with Crippen LogP contribution in [0.3, 0.4) is 0 Å². The van der Waals surface area contributed by atoms with Crippen molar-refractivity contribution in [3.05, 3.63) is 60.8 Å². The molecule has 1 unspecified atom stereocenters. The van der Waals surface area contributed by atoms with Gasteiger partial charge >= 0.3 is 17.9 Å². The molecular weight excluding hydrogens is 733 g/mol. The lowest BCUT2D eigenvalue weighted by atomic mass is 10.1. The molecule has 0 bridgehead atoms. The van der Waals surface area contributed by atoms with Crippen LogP contribution in [0.25, 0.3) is 0 Å². The second-order valence-electron chi connectivity index (χ2n) is 16.4. The van der Waals surface area contributed by atoms with Crippen molar-refractivity contribution in [2.75, 3.05) is 13.2 Å². The highest BCUT2D eigenvalue weighted by molar-refractivity contribution is 5.71. The highest BCUT2D eigenvalue weighted by atomic mass is 16.6. The van der Waals surface area contributed by atoms with Crippen molar-refractivity contribution >= 4 is 17.9 Å². The third-order valence-corrected chi connectivity index (χ3v) is 10.4. The normalized spacial score (nSPS) is 12.5. The zero-order chi connectivity index (χ0) is 43.0. The molecule has 0 aromatic carbocycles. The Morgan fingerprint density at radius 3 is 1.02 bits per heavy atom. The monoisotopic (exact) mass is 825 g/mol. The molecule has 0 aliphatic rings. The van der Waals surface area contributed by atoms with Crippen LogP contribution in [0.2, 0.25) is 0 Å². The fourth-order valence-corrected chi connectivity index (χ4v) is 6.69. The summed E-state index contributed by atoms with van der Waals surface area (Å²) in [4.78, 5) is 37.9. The first-order valence-electron chi connectivity index (χ1n) is 24.8. The molecule has 0 rings (SSSR count). The first-order valence-corrected chi connectivity index (χ1v) is 24.8. The summed E-state index contributed by atoms with van der Waals surface area (Å²) >= 11 is 0. The Balaban J connectivity index is 4.42. The minimum Gasteiger partial charge on any atom is -0.462 e. The van der Waals surface area contributed by atoms with Gasteiger partial charge < -0.3 is 14.2 Å². The molecule has 59 heavy (non-hydrogen) atoms. The van der Waals surface area contributed by atoms with Crippen LogP contribution in [0, 0.1) is 0 Å². The van der Waals surface area contributed by atoms with Crippen LogP contribution in [0.4, 0.5) is 0 Å². The second-order valence-corrected chi connectivity index (χ2v) is 16.4. The number of hydrogen-bond donors (Lipinski definition) is 0. The molecule has 0 amide bonds. The van der Waals surface area contributed by atoms with Crippen LogP contribution >= 0.6 is 0 Å². The Labute approximate surface area is 364 Å². The molecule has 0 aliphatic carbocycles. The summed E-state index contributed by atoms with van der Waals surface area (Å²) in [5, 5.41) is 0. The van der Waals surface area contributed by atoms with Gasteiger partial charge in [-0.1, -0.05) is 184 Å². The highest BCUT2D eigenvalue weighted by Crippen LogP contribution is 2.13. The predicted octanol–water partition coefficient (Wildman–Crippen LogP) is 16.1. The lowest BCUT2D eigenvalue weighted by Crippen LogP contribution is -2.30. The number of carbonyl (C=O) groups excluding carboxylic acids is 3. The SMILES string of the molecule is CCC/C=C\C/C=C\CCCCCCCC(=O)OCC(COC(=O)CCCCCCC/C=C\CCCCCCCC)OC(=O)CCCCCCC/C=C\C/C=C\CCC. The maximum Gasteiger partial charge on any atom is 0.306 e. The molecule has 1 atom stereocenters. The maximum absolute atomic E-state index is 12.8. The van der Waals surface area contributed by atoms with E-state index in [9.17, 15) is 14.4 Å². The fourth-order valence-electron chi connectivity index (χ4n) is 6.69. The first kappa shape index (κ1) is 56.1. The Morgan fingerprint density at radius 2 is 0.644 bits per heavy atom. The molecule has 0 radical (unpaired) electrons. The van der Waals surface area contributed by atoms with Gasteiger partial charge in [-0.3, -0.25) is 14.4 Å². The van der Waals surface area contributed by atoms with E-state index in [0.717, 1.165) is 128 Å². The number of ether oxygens (including phenoxy) is 3. The maximum atomic E-state index is 12.8. The average Bonchev–Trinajstić information content (AvgIpc) is 3.23. The summed E-state index contributed by atoms with van der Waals surface area (Å²) in [7, 11) is 0. The number of allylic oxidation sites excluding steroid dienone is 10. The van der Waals surface area contributed by atoms with Crippen LogP contribution in [0.15, 0.2) is 60.8 Å². The van der Waals surface area contributed by atoms with Crippen molar-refractivity contribution < 1.29 is 28.6 Å². The summed E-state index contributed by atoms with van der Waals surface area (Å²) in [5.74, 6) is -0.925. The Morgan fingerprint density at radius 1 is 0.339 bits per heavy atom. The molecule has 0 spiro atoms. The summed E-state index contributed by atoms with van der Waals surface area (Å²) in [6.45, 7) is 6.47. The van der Waals surface area contributed by atoms with Crippen molar-refractivity contribution in [3.8, 4) is 0 Å². The fraction of sp³-hybridized carbons (Fsp3) is 0.755. The van der Waals surface area contributed by atoms with Crippen LogP contribution in [0.5, 0.6) is 0 Å². The van der Waals surface area contributed by atoms with Gasteiger partial charge in [-0.2, -0.15) is 0 Å². The molecule has 0 saturated heterocycles. The lowest BCUT2D eigenvalue weighted by Gasteiger charge is -2.18. The number of unbranched alkanes of at least 4 members (excludes halogenated alkanes) is 23. The molecule has 0 heterocycles. The van der Waals surface area contributed by atoms with Gasteiger partial charge in [-0.05, 0) is 96.3 Å². The van der Waals surface area contributed by atoms with E-state index in [4.69, 9.17) is 14.2 Å². The summed E-state index contributed by atoms with van der Waals surface area (Å²) in [6.07, 6.45) is 57.7. The van der Waals surface area contributed by atoms with Crippen molar-refractivity contribution in [2.24, 2.45) is 0 Å². The third kappa shape index (κ3) is 46.0. The van der Waals surface area contributed by atoms with Gasteiger partial charge in [0, 0.05) is 19.3 Å². The van der Waals surface area contributed by atoms with Crippen LogP contribution in [-0.2, 0) is 28.6 Å². The Hall–Kier alpha value is -2.89. The van der Waals surface area contributed by atoms with Crippen LogP contribution in [0.1, 0.15) is 239 Å². The lowest BCUT2D eigenvalue weighted by molar-refractivity contribution is -0.167. The van der Waals surface area contributed by atoms with E-state index < -0.39 is 6.10 Å². The van der Waals surface area contributed by atoms with Gasteiger partial charge in [-0.25, -0.2) is 0 Å². The molecule has 0 saturated carbocycles. The van der Waals surface area contributed by atoms with E-state index in [0.29, 0.717) is 19.3 Å². The molecule has 0 aromatic heterocycles. The van der Waals surface area contributed by atoms with Crippen molar-refractivity contribution in [1.29, 1.82) is 0 Å². The molecule has 6 nitrogen and oxygen atoms in total. The molecule has 0 aliphatic heterocycles. The minimum absolute atomic E-state index is 0.0890. The van der Waals surface area contributed by atoms with Gasteiger partial charge in [0.15, 0.2) is 6.10 Å². The molecule has 340 valence electrons. The summed E-state index contributed by atoms with van der Waals surface area (Å²) in [5.41, 5.74) is 0. The quantitative estimate of drug-likeness (QED) is 0.0263. The first-order chi connectivity index (χ1) is 29.0. The topological polar surface area (TPSA) is 78.9 Å². The molecular formula is C53H92O6. The van der Waals surface area contributed by atoms with Gasteiger partial charge in [0.05, 0.1) is 0 Å². The van der Waals surface area contributed by atoms with Crippen molar-refractivity contribution in [1.82, 2.24) is 0 Å². The number of esters is 3. The average molecular weight is 825 g/mol. The molecule has 0 fully saturated rings. The molecule has 0 aromatic rings. The van der Waals surface area contributed by atoms with Crippen LogP contribution in [-0.4, -0.2) is 37.2 Å². The zero-order valence-corrected chi connectivity index (χ0v) is 38.8. The van der Waals surface area contributed by atoms with Gasteiger partial charge in [0.2, 0.25) is 0 Å². The second kappa shape index (κ2) is 47.8. The van der Waals surface area contributed by atoms with Crippen LogP contribution < -0.4 is 0 Å². The van der Waals surface area contributed by atoms with Gasteiger partial charge in [-0.15, -0.1) is 0 Å².